The van der Waals surface area contributed by atoms with Gasteiger partial charge in [-0.15, -0.1) is 0 Å². The van der Waals surface area contributed by atoms with E-state index >= 15 is 0 Å². The highest BCUT2D eigenvalue weighted by molar-refractivity contribution is 9.10. The third kappa shape index (κ3) is 5.69. The van der Waals surface area contributed by atoms with Crippen LogP contribution >= 0.6 is 15.9 Å². The molecule has 5 heteroatoms. The lowest BCUT2D eigenvalue weighted by molar-refractivity contribution is 0.199. The third-order valence-corrected chi connectivity index (χ3v) is 3.25. The molecule has 1 rings (SSSR count). The summed E-state index contributed by atoms with van der Waals surface area (Å²) >= 11 is 3.55. The van der Waals surface area contributed by atoms with E-state index in [-0.39, 0.29) is 0 Å². The highest BCUT2D eigenvalue weighted by Gasteiger charge is 2.12. The van der Waals surface area contributed by atoms with Crippen LogP contribution in [0.2, 0.25) is 0 Å². The smallest absolute Gasteiger partial charge is 0.175 e. The predicted molar refractivity (Wildman–Crippen MR) is 84.6 cm³/mol. The Kier molecular flexibility index (Phi) is 7.95. The summed E-state index contributed by atoms with van der Waals surface area (Å²) in [5, 5.41) is 3.31. The molecule has 0 atom stereocenters. The van der Waals surface area contributed by atoms with E-state index in [9.17, 15) is 0 Å². The second-order valence-corrected chi connectivity index (χ2v) is 5.84. The number of halogens is 1. The first-order valence-corrected chi connectivity index (χ1v) is 7.56. The molecule has 0 aromatic heterocycles. The number of hydrogen-bond donors (Lipinski definition) is 1. The molecule has 0 radical (unpaired) electrons. The van der Waals surface area contributed by atoms with E-state index in [1.165, 1.54) is 0 Å². The van der Waals surface area contributed by atoms with E-state index in [0.29, 0.717) is 19.1 Å². The molecule has 0 fully saturated rings. The molecule has 0 bridgehead atoms. The molecule has 4 nitrogen and oxygen atoms in total. The van der Waals surface area contributed by atoms with Gasteiger partial charge in [0.1, 0.15) is 0 Å². The van der Waals surface area contributed by atoms with Gasteiger partial charge >= 0.3 is 0 Å². The molecule has 0 spiro atoms. The summed E-state index contributed by atoms with van der Waals surface area (Å²) in [6.07, 6.45) is 0. The van der Waals surface area contributed by atoms with Gasteiger partial charge in [-0.3, -0.25) is 0 Å². The Balaban J connectivity index is 2.73. The molecule has 0 unspecified atom stereocenters. The summed E-state index contributed by atoms with van der Waals surface area (Å²) in [7, 11) is 3.36. The van der Waals surface area contributed by atoms with Gasteiger partial charge in [-0.25, -0.2) is 0 Å². The molecule has 0 aliphatic heterocycles. The van der Waals surface area contributed by atoms with Crippen LogP contribution in [0.15, 0.2) is 16.6 Å². The van der Waals surface area contributed by atoms with Crippen molar-refractivity contribution < 1.29 is 14.2 Å². The molecule has 1 aromatic rings. The minimum atomic E-state index is 0.474. The summed E-state index contributed by atoms with van der Waals surface area (Å²) in [5.74, 6) is 1.99. The first-order chi connectivity index (χ1) is 9.58. The zero-order chi connectivity index (χ0) is 15.0. The number of methoxy groups -OCH3 is 2. The van der Waals surface area contributed by atoms with Crippen molar-refractivity contribution in [2.24, 2.45) is 5.92 Å². The van der Waals surface area contributed by atoms with Gasteiger partial charge in [-0.1, -0.05) is 13.8 Å². The summed E-state index contributed by atoms with van der Waals surface area (Å²) in [5.41, 5.74) is 1.14. The first-order valence-electron chi connectivity index (χ1n) is 6.77. The maximum atomic E-state index is 5.81. The minimum absolute atomic E-state index is 0.474. The molecule has 0 amide bonds. The standard InChI is InChI=1S/C15H24BrNO3/c1-11(2)10-20-15-13(16)7-12(8-14(15)19-4)9-17-5-6-18-3/h7-8,11,17H,5-6,9-10H2,1-4H3. The predicted octanol–water partition coefficient (Wildman–Crippen LogP) is 3.23. The zero-order valence-electron chi connectivity index (χ0n) is 12.7. The molecule has 0 saturated heterocycles. The summed E-state index contributed by atoms with van der Waals surface area (Å²) in [4.78, 5) is 0. The average Bonchev–Trinajstić information content (AvgIpc) is 2.41. The molecule has 114 valence electrons. The first kappa shape index (κ1) is 17.3. The number of hydrogen-bond acceptors (Lipinski definition) is 4. The van der Waals surface area contributed by atoms with Crippen LogP contribution in [0.25, 0.3) is 0 Å². The molecule has 0 aliphatic rings. The highest BCUT2D eigenvalue weighted by atomic mass is 79.9. The zero-order valence-corrected chi connectivity index (χ0v) is 14.2. The van der Waals surface area contributed by atoms with Gasteiger partial charge in [0.05, 0.1) is 24.8 Å². The fourth-order valence-electron chi connectivity index (χ4n) is 1.67. The lowest BCUT2D eigenvalue weighted by atomic mass is 10.2. The minimum Gasteiger partial charge on any atom is -0.493 e. The van der Waals surface area contributed by atoms with E-state index in [1.54, 1.807) is 14.2 Å². The maximum Gasteiger partial charge on any atom is 0.175 e. The number of ether oxygens (including phenoxy) is 3. The Morgan fingerprint density at radius 2 is 2.00 bits per heavy atom. The van der Waals surface area contributed by atoms with E-state index in [4.69, 9.17) is 14.2 Å². The van der Waals surface area contributed by atoms with Crippen molar-refractivity contribution in [3.05, 3.63) is 22.2 Å². The monoisotopic (exact) mass is 345 g/mol. The van der Waals surface area contributed by atoms with Crippen LogP contribution in [-0.4, -0.2) is 34.0 Å². The van der Waals surface area contributed by atoms with Crippen LogP contribution in [0.4, 0.5) is 0 Å². The number of nitrogens with one attached hydrogen (secondary N) is 1. The van der Waals surface area contributed by atoms with E-state index in [2.05, 4.69) is 41.2 Å². The lowest BCUT2D eigenvalue weighted by Gasteiger charge is -2.16. The maximum absolute atomic E-state index is 5.81. The molecule has 0 aliphatic carbocycles. The number of benzene rings is 1. The van der Waals surface area contributed by atoms with E-state index < -0.39 is 0 Å². The van der Waals surface area contributed by atoms with Crippen molar-refractivity contribution in [1.82, 2.24) is 5.32 Å². The summed E-state index contributed by atoms with van der Waals surface area (Å²) in [6.45, 7) is 7.20. The summed E-state index contributed by atoms with van der Waals surface area (Å²) < 4.78 is 17.1. The van der Waals surface area contributed by atoms with Crippen LogP contribution < -0.4 is 14.8 Å². The fraction of sp³-hybridized carbons (Fsp3) is 0.600. The second-order valence-electron chi connectivity index (χ2n) is 4.98. The molecule has 1 aromatic carbocycles. The van der Waals surface area contributed by atoms with Gasteiger partial charge in [-0.05, 0) is 39.5 Å². The molecular formula is C15H24BrNO3. The Hall–Kier alpha value is -0.780. The van der Waals surface area contributed by atoms with E-state index in [0.717, 1.165) is 34.6 Å². The average molecular weight is 346 g/mol. The Morgan fingerprint density at radius 3 is 2.60 bits per heavy atom. The van der Waals surface area contributed by atoms with Crippen molar-refractivity contribution in [3.8, 4) is 11.5 Å². The van der Waals surface area contributed by atoms with Crippen LogP contribution in [0.5, 0.6) is 11.5 Å². The molecule has 20 heavy (non-hydrogen) atoms. The van der Waals surface area contributed by atoms with Gasteiger partial charge in [0.15, 0.2) is 11.5 Å². The van der Waals surface area contributed by atoms with E-state index in [1.807, 2.05) is 6.07 Å². The molecule has 1 N–H and O–H groups in total. The normalized spacial score (nSPS) is 10.9. The lowest BCUT2D eigenvalue weighted by Crippen LogP contribution is -2.18. The number of rotatable bonds is 9. The highest BCUT2D eigenvalue weighted by Crippen LogP contribution is 2.36. The van der Waals surface area contributed by atoms with Crippen LogP contribution in [0.1, 0.15) is 19.4 Å². The Bertz CT molecular complexity index is 410. The van der Waals surface area contributed by atoms with Crippen molar-refractivity contribution in [2.45, 2.75) is 20.4 Å². The van der Waals surface area contributed by atoms with Gasteiger partial charge < -0.3 is 19.5 Å². The van der Waals surface area contributed by atoms with Crippen LogP contribution in [0, 0.1) is 5.92 Å². The van der Waals surface area contributed by atoms with Crippen LogP contribution in [-0.2, 0) is 11.3 Å². The van der Waals surface area contributed by atoms with Gasteiger partial charge in [0, 0.05) is 20.2 Å². The van der Waals surface area contributed by atoms with Crippen molar-refractivity contribution in [3.63, 3.8) is 0 Å². The van der Waals surface area contributed by atoms with Crippen molar-refractivity contribution in [2.75, 3.05) is 34.0 Å². The Labute approximate surface area is 129 Å². The summed E-state index contributed by atoms with van der Waals surface area (Å²) in [6, 6.07) is 4.05. The van der Waals surface area contributed by atoms with Gasteiger partial charge in [0.25, 0.3) is 0 Å². The molecule has 0 heterocycles. The second kappa shape index (κ2) is 9.21. The van der Waals surface area contributed by atoms with Crippen molar-refractivity contribution >= 4 is 15.9 Å². The quantitative estimate of drug-likeness (QED) is 0.697. The van der Waals surface area contributed by atoms with Gasteiger partial charge in [-0.2, -0.15) is 0 Å². The molecular weight excluding hydrogens is 322 g/mol. The fourth-order valence-corrected chi connectivity index (χ4v) is 2.28. The van der Waals surface area contributed by atoms with Crippen LogP contribution in [0.3, 0.4) is 0 Å². The van der Waals surface area contributed by atoms with Crippen molar-refractivity contribution in [1.29, 1.82) is 0 Å². The SMILES string of the molecule is COCCNCc1cc(Br)c(OCC(C)C)c(OC)c1. The largest absolute Gasteiger partial charge is 0.493 e. The Morgan fingerprint density at radius 1 is 1.25 bits per heavy atom. The topological polar surface area (TPSA) is 39.7 Å². The molecule has 0 saturated carbocycles. The van der Waals surface area contributed by atoms with Gasteiger partial charge in [0.2, 0.25) is 0 Å². The third-order valence-electron chi connectivity index (χ3n) is 2.66.